The van der Waals surface area contributed by atoms with Crippen LogP contribution in [0.3, 0.4) is 0 Å². The van der Waals surface area contributed by atoms with Gasteiger partial charge in [0.2, 0.25) is 0 Å². The van der Waals surface area contributed by atoms with Crippen LogP contribution in [0.1, 0.15) is 16.5 Å². The highest BCUT2D eigenvalue weighted by Crippen LogP contribution is 2.38. The average molecular weight is 422 g/mol. The zero-order valence-corrected chi connectivity index (χ0v) is 15.0. The Bertz CT molecular complexity index is 598. The van der Waals surface area contributed by atoms with Gasteiger partial charge in [-0.3, -0.25) is 0 Å². The van der Waals surface area contributed by atoms with Crippen LogP contribution in [-0.2, 0) is 6.42 Å². The molecule has 0 saturated heterocycles. The fourth-order valence-corrected chi connectivity index (χ4v) is 4.02. The number of aliphatic hydroxyl groups is 1. The number of halogens is 2. The van der Waals surface area contributed by atoms with Crippen LogP contribution in [0.2, 0.25) is 0 Å². The normalized spacial score (nSPS) is 12.2. The van der Waals surface area contributed by atoms with Crippen LogP contribution in [0.4, 0.5) is 0 Å². The van der Waals surface area contributed by atoms with E-state index in [1.807, 2.05) is 11.4 Å². The maximum absolute atomic E-state index is 10.4. The lowest BCUT2D eigenvalue weighted by Crippen LogP contribution is -2.03. The van der Waals surface area contributed by atoms with Gasteiger partial charge in [0, 0.05) is 20.2 Å². The van der Waals surface area contributed by atoms with E-state index in [0.717, 1.165) is 19.4 Å². The molecule has 0 aliphatic carbocycles. The molecule has 3 nitrogen and oxygen atoms in total. The summed E-state index contributed by atoms with van der Waals surface area (Å²) in [5.74, 6) is 1.24. The van der Waals surface area contributed by atoms with Crippen molar-refractivity contribution in [2.75, 3.05) is 14.2 Å². The molecule has 0 aliphatic heterocycles. The van der Waals surface area contributed by atoms with E-state index in [9.17, 15) is 5.11 Å². The minimum Gasteiger partial charge on any atom is -0.493 e. The summed E-state index contributed by atoms with van der Waals surface area (Å²) in [7, 11) is 3.17. The van der Waals surface area contributed by atoms with Gasteiger partial charge in [0.1, 0.15) is 0 Å². The highest BCUT2D eigenvalue weighted by molar-refractivity contribution is 9.10. The van der Waals surface area contributed by atoms with Gasteiger partial charge in [-0.15, -0.1) is 11.3 Å². The predicted octanol–water partition coefficient (Wildman–Crippen LogP) is 4.57. The summed E-state index contributed by atoms with van der Waals surface area (Å²) in [6, 6.07) is 5.59. The van der Waals surface area contributed by atoms with E-state index in [2.05, 4.69) is 31.9 Å². The first kappa shape index (κ1) is 15.8. The predicted molar refractivity (Wildman–Crippen MR) is 87.9 cm³/mol. The third-order valence-electron chi connectivity index (χ3n) is 2.93. The van der Waals surface area contributed by atoms with E-state index in [1.54, 1.807) is 37.7 Å². The SMILES string of the molecule is COc1cc(Br)c(C(O)Cc2sccc2Br)cc1OC. The van der Waals surface area contributed by atoms with Crippen LogP contribution in [-0.4, -0.2) is 19.3 Å². The van der Waals surface area contributed by atoms with Crippen molar-refractivity contribution in [3.8, 4) is 11.5 Å². The van der Waals surface area contributed by atoms with Crippen molar-refractivity contribution in [2.45, 2.75) is 12.5 Å². The van der Waals surface area contributed by atoms with Crippen molar-refractivity contribution in [1.82, 2.24) is 0 Å². The molecule has 0 saturated carbocycles. The number of benzene rings is 1. The second kappa shape index (κ2) is 6.93. The Morgan fingerprint density at radius 2 is 1.80 bits per heavy atom. The Labute approximate surface area is 138 Å². The zero-order chi connectivity index (χ0) is 14.7. The molecule has 108 valence electrons. The molecule has 0 fully saturated rings. The van der Waals surface area contributed by atoms with Crippen molar-refractivity contribution >= 4 is 43.2 Å². The van der Waals surface area contributed by atoms with Crippen LogP contribution in [0.25, 0.3) is 0 Å². The molecule has 0 bridgehead atoms. The molecule has 0 radical (unpaired) electrons. The molecule has 1 unspecified atom stereocenters. The minimum atomic E-state index is -0.612. The molecular weight excluding hydrogens is 408 g/mol. The second-order valence-corrected chi connectivity index (χ2v) is 6.85. The molecule has 1 aromatic carbocycles. The Hall–Kier alpha value is -0.560. The fourth-order valence-electron chi connectivity index (χ4n) is 1.88. The Morgan fingerprint density at radius 3 is 2.35 bits per heavy atom. The van der Waals surface area contributed by atoms with Gasteiger partial charge in [-0.2, -0.15) is 0 Å². The largest absolute Gasteiger partial charge is 0.493 e. The van der Waals surface area contributed by atoms with Gasteiger partial charge in [-0.1, -0.05) is 15.9 Å². The average Bonchev–Trinajstić information content (AvgIpc) is 2.83. The summed E-state index contributed by atoms with van der Waals surface area (Å²) >= 11 is 8.57. The van der Waals surface area contributed by atoms with E-state index >= 15 is 0 Å². The number of rotatable bonds is 5. The molecule has 2 rings (SSSR count). The molecule has 1 atom stereocenters. The van der Waals surface area contributed by atoms with Gasteiger partial charge >= 0.3 is 0 Å². The van der Waals surface area contributed by atoms with Gasteiger partial charge in [0.05, 0.1) is 20.3 Å². The first-order chi connectivity index (χ1) is 9.56. The lowest BCUT2D eigenvalue weighted by atomic mass is 10.1. The van der Waals surface area contributed by atoms with Gasteiger partial charge in [0.15, 0.2) is 11.5 Å². The number of ether oxygens (including phenoxy) is 2. The Kier molecular flexibility index (Phi) is 5.49. The maximum atomic E-state index is 10.4. The van der Waals surface area contributed by atoms with Crippen LogP contribution >= 0.6 is 43.2 Å². The Morgan fingerprint density at radius 1 is 1.15 bits per heavy atom. The summed E-state index contributed by atoms with van der Waals surface area (Å²) in [6.07, 6.45) is -0.0640. The molecule has 1 N–H and O–H groups in total. The van der Waals surface area contributed by atoms with Crippen molar-refractivity contribution in [3.05, 3.63) is 43.0 Å². The van der Waals surface area contributed by atoms with Crippen LogP contribution < -0.4 is 9.47 Å². The molecule has 0 spiro atoms. The van der Waals surface area contributed by atoms with Gasteiger partial charge in [0.25, 0.3) is 0 Å². The van der Waals surface area contributed by atoms with Crippen molar-refractivity contribution in [1.29, 1.82) is 0 Å². The third-order valence-corrected chi connectivity index (χ3v) is 5.57. The zero-order valence-electron chi connectivity index (χ0n) is 11.0. The van der Waals surface area contributed by atoms with E-state index < -0.39 is 6.10 Å². The number of methoxy groups -OCH3 is 2. The summed E-state index contributed by atoms with van der Waals surface area (Å²) in [6.45, 7) is 0. The second-order valence-electron chi connectivity index (χ2n) is 4.14. The van der Waals surface area contributed by atoms with Crippen molar-refractivity contribution in [2.24, 2.45) is 0 Å². The highest BCUT2D eigenvalue weighted by atomic mass is 79.9. The standard InChI is InChI=1S/C14H14Br2O3S/c1-18-12-5-8(10(16)6-13(12)19-2)11(17)7-14-9(15)3-4-20-14/h3-6,11,17H,7H2,1-2H3. The first-order valence-corrected chi connectivity index (χ1v) is 8.34. The van der Waals surface area contributed by atoms with E-state index in [0.29, 0.717) is 17.9 Å². The molecule has 1 aromatic heterocycles. The molecular formula is C14H14Br2O3S. The smallest absolute Gasteiger partial charge is 0.161 e. The number of aliphatic hydroxyl groups excluding tert-OH is 1. The van der Waals surface area contributed by atoms with Crippen molar-refractivity contribution < 1.29 is 14.6 Å². The van der Waals surface area contributed by atoms with E-state index in [-0.39, 0.29) is 0 Å². The lowest BCUT2D eigenvalue weighted by molar-refractivity contribution is 0.178. The lowest BCUT2D eigenvalue weighted by Gasteiger charge is -2.16. The molecule has 20 heavy (non-hydrogen) atoms. The summed E-state index contributed by atoms with van der Waals surface area (Å²) in [4.78, 5) is 1.11. The molecule has 6 heteroatoms. The first-order valence-electron chi connectivity index (χ1n) is 5.88. The van der Waals surface area contributed by atoms with Crippen LogP contribution in [0.15, 0.2) is 32.5 Å². The van der Waals surface area contributed by atoms with E-state index in [4.69, 9.17) is 9.47 Å². The third kappa shape index (κ3) is 3.36. The topological polar surface area (TPSA) is 38.7 Å². The van der Waals surface area contributed by atoms with Gasteiger partial charge < -0.3 is 14.6 Å². The molecule has 0 amide bonds. The van der Waals surface area contributed by atoms with Gasteiger partial charge in [-0.05, 0) is 45.1 Å². The van der Waals surface area contributed by atoms with Gasteiger partial charge in [-0.25, -0.2) is 0 Å². The number of hydrogen-bond acceptors (Lipinski definition) is 4. The molecule has 2 aromatic rings. The summed E-state index contributed by atoms with van der Waals surface area (Å²) in [5.41, 5.74) is 0.781. The van der Waals surface area contributed by atoms with Crippen LogP contribution in [0.5, 0.6) is 11.5 Å². The maximum Gasteiger partial charge on any atom is 0.161 e. The minimum absolute atomic E-state index is 0.548. The van der Waals surface area contributed by atoms with Crippen molar-refractivity contribution in [3.63, 3.8) is 0 Å². The summed E-state index contributed by atoms with van der Waals surface area (Å²) < 4.78 is 12.3. The Balaban J connectivity index is 2.30. The quantitative estimate of drug-likeness (QED) is 0.768. The molecule has 1 heterocycles. The molecule has 0 aliphatic rings. The monoisotopic (exact) mass is 420 g/mol. The van der Waals surface area contributed by atoms with E-state index in [1.165, 1.54) is 0 Å². The number of hydrogen-bond donors (Lipinski definition) is 1. The number of thiophene rings is 1. The highest BCUT2D eigenvalue weighted by Gasteiger charge is 2.18. The van der Waals surface area contributed by atoms with Crippen LogP contribution in [0, 0.1) is 0 Å². The fraction of sp³-hybridized carbons (Fsp3) is 0.286. The summed E-state index contributed by atoms with van der Waals surface area (Å²) in [5, 5.41) is 12.4.